The molecule has 0 unspecified atom stereocenters. The Balaban J connectivity index is 2.78. The molecule has 0 aliphatic carbocycles. The normalized spacial score (nSPS) is 11.2. The Morgan fingerprint density at radius 1 is 1.33 bits per heavy atom. The number of nitrogens with zero attached hydrogens (tertiary/aromatic N) is 1. The summed E-state index contributed by atoms with van der Waals surface area (Å²) in [7, 11) is 1.52. The van der Waals surface area contributed by atoms with Crippen LogP contribution in [0, 0.1) is 11.3 Å². The molecule has 94 valence electrons. The van der Waals surface area contributed by atoms with Crippen LogP contribution in [0.15, 0.2) is 24.3 Å². The van der Waals surface area contributed by atoms with Gasteiger partial charge in [-0.25, -0.2) is 0 Å². The average Bonchev–Trinajstić information content (AvgIpc) is 2.37. The van der Waals surface area contributed by atoms with Crippen molar-refractivity contribution in [1.29, 1.82) is 5.26 Å². The molecule has 1 aromatic carbocycles. The molecule has 0 aliphatic heterocycles. The summed E-state index contributed by atoms with van der Waals surface area (Å²) in [5.41, 5.74) is 1.45. The molecular weight excluding hydrogens is 230 g/mol. The van der Waals surface area contributed by atoms with Crippen molar-refractivity contribution in [2.45, 2.75) is 19.4 Å². The number of carbonyl (C=O) groups excluding carboxylic acids is 2. The molecule has 18 heavy (non-hydrogen) atoms. The molecule has 0 aromatic heterocycles. The smallest absolute Gasteiger partial charge is 0.242 e. The van der Waals surface area contributed by atoms with E-state index in [1.165, 1.54) is 14.0 Å². The maximum atomic E-state index is 11.6. The molecule has 2 amide bonds. The summed E-state index contributed by atoms with van der Waals surface area (Å²) in [6.45, 7) is 1.37. The van der Waals surface area contributed by atoms with E-state index in [9.17, 15) is 9.59 Å². The SMILES string of the molecule is CNC(=O)[C@H](Cc1ccc(C#N)cc1)NC(C)=O. The van der Waals surface area contributed by atoms with Crippen molar-refractivity contribution in [2.24, 2.45) is 0 Å². The summed E-state index contributed by atoms with van der Waals surface area (Å²) in [4.78, 5) is 22.6. The molecule has 0 saturated heterocycles. The van der Waals surface area contributed by atoms with Gasteiger partial charge in [0.2, 0.25) is 11.8 Å². The van der Waals surface area contributed by atoms with Crippen molar-refractivity contribution >= 4 is 11.8 Å². The van der Waals surface area contributed by atoms with Crippen LogP contribution in [0.2, 0.25) is 0 Å². The molecule has 1 rings (SSSR count). The van der Waals surface area contributed by atoms with E-state index in [1.54, 1.807) is 24.3 Å². The van der Waals surface area contributed by atoms with Gasteiger partial charge in [0.15, 0.2) is 0 Å². The van der Waals surface area contributed by atoms with Crippen LogP contribution in [-0.2, 0) is 16.0 Å². The van der Waals surface area contributed by atoms with Crippen molar-refractivity contribution in [1.82, 2.24) is 10.6 Å². The van der Waals surface area contributed by atoms with Crippen LogP contribution < -0.4 is 10.6 Å². The van der Waals surface area contributed by atoms with Crippen LogP contribution >= 0.6 is 0 Å². The zero-order chi connectivity index (χ0) is 13.5. The second-order valence-corrected chi connectivity index (χ2v) is 3.88. The fourth-order valence-corrected chi connectivity index (χ4v) is 1.58. The molecular formula is C13H15N3O2. The van der Waals surface area contributed by atoms with E-state index in [4.69, 9.17) is 5.26 Å². The Hall–Kier alpha value is -2.35. The van der Waals surface area contributed by atoms with Crippen molar-refractivity contribution in [3.8, 4) is 6.07 Å². The minimum absolute atomic E-state index is 0.241. The third kappa shape index (κ3) is 3.91. The van der Waals surface area contributed by atoms with E-state index < -0.39 is 6.04 Å². The van der Waals surface area contributed by atoms with Crippen molar-refractivity contribution in [2.75, 3.05) is 7.05 Å². The number of benzene rings is 1. The number of hydrogen-bond donors (Lipinski definition) is 2. The number of amides is 2. The first-order valence-electron chi connectivity index (χ1n) is 5.54. The second-order valence-electron chi connectivity index (χ2n) is 3.88. The second kappa shape index (κ2) is 6.40. The largest absolute Gasteiger partial charge is 0.357 e. The lowest BCUT2D eigenvalue weighted by Gasteiger charge is -2.16. The molecule has 0 heterocycles. The van der Waals surface area contributed by atoms with Gasteiger partial charge in [0.25, 0.3) is 0 Å². The number of nitrogens with one attached hydrogen (secondary N) is 2. The first kappa shape index (κ1) is 13.7. The number of rotatable bonds is 4. The lowest BCUT2D eigenvalue weighted by Crippen LogP contribution is -2.46. The lowest BCUT2D eigenvalue weighted by molar-refractivity contribution is -0.127. The third-order valence-electron chi connectivity index (χ3n) is 2.46. The number of carbonyl (C=O) groups is 2. The van der Waals surface area contributed by atoms with Crippen molar-refractivity contribution in [3.05, 3.63) is 35.4 Å². The fraction of sp³-hybridized carbons (Fsp3) is 0.308. The Morgan fingerprint density at radius 3 is 2.39 bits per heavy atom. The van der Waals surface area contributed by atoms with Gasteiger partial charge in [0.1, 0.15) is 6.04 Å². The van der Waals surface area contributed by atoms with Gasteiger partial charge in [-0.1, -0.05) is 12.1 Å². The molecule has 1 atom stereocenters. The minimum atomic E-state index is -0.597. The quantitative estimate of drug-likeness (QED) is 0.803. The first-order valence-corrected chi connectivity index (χ1v) is 5.54. The molecule has 0 spiro atoms. The molecule has 1 aromatic rings. The van der Waals surface area contributed by atoms with Crippen LogP contribution in [-0.4, -0.2) is 24.9 Å². The van der Waals surface area contributed by atoms with E-state index in [2.05, 4.69) is 10.6 Å². The van der Waals surface area contributed by atoms with Gasteiger partial charge in [-0.05, 0) is 17.7 Å². The highest BCUT2D eigenvalue weighted by molar-refractivity contribution is 5.86. The minimum Gasteiger partial charge on any atom is -0.357 e. The Labute approximate surface area is 106 Å². The predicted molar refractivity (Wildman–Crippen MR) is 66.5 cm³/mol. The highest BCUT2D eigenvalue weighted by Crippen LogP contribution is 2.06. The summed E-state index contributed by atoms with van der Waals surface area (Å²) in [5, 5.41) is 13.8. The van der Waals surface area contributed by atoms with E-state index >= 15 is 0 Å². The van der Waals surface area contributed by atoms with Crippen LogP contribution in [0.25, 0.3) is 0 Å². The first-order chi connectivity index (χ1) is 8.56. The van der Waals surface area contributed by atoms with Gasteiger partial charge in [-0.3, -0.25) is 9.59 Å². The molecule has 0 bridgehead atoms. The van der Waals surface area contributed by atoms with Gasteiger partial charge in [0.05, 0.1) is 11.6 Å². The summed E-state index contributed by atoms with van der Waals surface area (Å²) >= 11 is 0. The molecule has 0 radical (unpaired) electrons. The molecule has 2 N–H and O–H groups in total. The summed E-state index contributed by atoms with van der Waals surface area (Å²) in [5.74, 6) is -0.494. The summed E-state index contributed by atoms with van der Waals surface area (Å²) < 4.78 is 0. The van der Waals surface area contributed by atoms with E-state index in [0.717, 1.165) is 5.56 Å². The number of nitriles is 1. The Bertz CT molecular complexity index is 474. The topological polar surface area (TPSA) is 82.0 Å². The zero-order valence-corrected chi connectivity index (χ0v) is 10.4. The maximum Gasteiger partial charge on any atom is 0.242 e. The predicted octanol–water partition coefficient (Wildman–Crippen LogP) is 0.351. The molecule has 0 saturated carbocycles. The number of hydrogen-bond acceptors (Lipinski definition) is 3. The highest BCUT2D eigenvalue weighted by Gasteiger charge is 2.18. The van der Waals surface area contributed by atoms with Gasteiger partial charge in [-0.15, -0.1) is 0 Å². The molecule has 0 fully saturated rings. The van der Waals surface area contributed by atoms with E-state index in [0.29, 0.717) is 12.0 Å². The van der Waals surface area contributed by atoms with Crippen molar-refractivity contribution in [3.63, 3.8) is 0 Å². The summed E-state index contributed by atoms with van der Waals surface area (Å²) in [6, 6.07) is 8.35. The van der Waals surface area contributed by atoms with Crippen LogP contribution in [0.3, 0.4) is 0 Å². The fourth-order valence-electron chi connectivity index (χ4n) is 1.58. The standard InChI is InChI=1S/C13H15N3O2/c1-9(17)16-12(13(18)15-2)7-10-3-5-11(8-14)6-4-10/h3-6,12H,7H2,1-2H3,(H,15,18)(H,16,17)/t12-/m0/s1. The van der Waals surface area contributed by atoms with Crippen molar-refractivity contribution < 1.29 is 9.59 Å². The monoisotopic (exact) mass is 245 g/mol. The molecule has 5 nitrogen and oxygen atoms in total. The lowest BCUT2D eigenvalue weighted by atomic mass is 10.0. The van der Waals surface area contributed by atoms with Gasteiger partial charge in [0, 0.05) is 20.4 Å². The zero-order valence-electron chi connectivity index (χ0n) is 10.4. The molecule has 5 heteroatoms. The Kier molecular flexibility index (Phi) is 4.88. The Morgan fingerprint density at radius 2 is 1.94 bits per heavy atom. The van der Waals surface area contributed by atoms with Crippen LogP contribution in [0.5, 0.6) is 0 Å². The van der Waals surface area contributed by atoms with Crippen LogP contribution in [0.1, 0.15) is 18.1 Å². The average molecular weight is 245 g/mol. The van der Waals surface area contributed by atoms with Gasteiger partial charge < -0.3 is 10.6 Å². The van der Waals surface area contributed by atoms with Gasteiger partial charge >= 0.3 is 0 Å². The summed E-state index contributed by atoms with van der Waals surface area (Å²) in [6.07, 6.45) is 0.394. The van der Waals surface area contributed by atoms with Crippen LogP contribution in [0.4, 0.5) is 0 Å². The van der Waals surface area contributed by atoms with E-state index in [-0.39, 0.29) is 11.8 Å². The highest BCUT2D eigenvalue weighted by atomic mass is 16.2. The third-order valence-corrected chi connectivity index (χ3v) is 2.46. The van der Waals surface area contributed by atoms with Gasteiger partial charge in [-0.2, -0.15) is 5.26 Å². The van der Waals surface area contributed by atoms with E-state index in [1.807, 2.05) is 6.07 Å². The molecule has 0 aliphatic rings. The number of likely N-dealkylation sites (N-methyl/N-ethyl adjacent to an activating group) is 1. The maximum absolute atomic E-state index is 11.6.